The molecule has 0 bridgehead atoms. The molecule has 0 atom stereocenters. The number of thiazole rings is 1. The SMILES string of the molecule is CCNC(=NCc1cccnc1OCCOC)N(C)Cc1csc(C)n1.I. The van der Waals surface area contributed by atoms with Gasteiger partial charge in [-0.2, -0.15) is 0 Å². The van der Waals surface area contributed by atoms with Crippen molar-refractivity contribution in [3.8, 4) is 5.88 Å². The van der Waals surface area contributed by atoms with Gasteiger partial charge >= 0.3 is 0 Å². The van der Waals surface area contributed by atoms with Gasteiger partial charge in [0, 0.05) is 37.8 Å². The Morgan fingerprint density at radius 1 is 1.37 bits per heavy atom. The van der Waals surface area contributed by atoms with Gasteiger partial charge in [0.15, 0.2) is 5.96 Å². The zero-order chi connectivity index (χ0) is 18.8. The van der Waals surface area contributed by atoms with Crippen LogP contribution in [0.25, 0.3) is 0 Å². The summed E-state index contributed by atoms with van der Waals surface area (Å²) in [6.45, 7) is 7.05. The van der Waals surface area contributed by atoms with E-state index < -0.39 is 0 Å². The Kier molecular flexibility index (Phi) is 11.2. The lowest BCUT2D eigenvalue weighted by Crippen LogP contribution is -2.38. The maximum atomic E-state index is 5.68. The van der Waals surface area contributed by atoms with Gasteiger partial charge < -0.3 is 19.7 Å². The van der Waals surface area contributed by atoms with E-state index in [4.69, 9.17) is 14.5 Å². The van der Waals surface area contributed by atoms with E-state index in [9.17, 15) is 0 Å². The molecule has 2 aromatic rings. The molecule has 27 heavy (non-hydrogen) atoms. The Morgan fingerprint density at radius 3 is 2.85 bits per heavy atom. The molecule has 1 N–H and O–H groups in total. The van der Waals surface area contributed by atoms with Crippen LogP contribution in [0.3, 0.4) is 0 Å². The van der Waals surface area contributed by atoms with Gasteiger partial charge in [0.25, 0.3) is 0 Å². The summed E-state index contributed by atoms with van der Waals surface area (Å²) in [4.78, 5) is 15.6. The van der Waals surface area contributed by atoms with E-state index >= 15 is 0 Å². The zero-order valence-electron chi connectivity index (χ0n) is 16.3. The fourth-order valence-corrected chi connectivity index (χ4v) is 2.93. The number of methoxy groups -OCH3 is 1. The molecule has 150 valence electrons. The summed E-state index contributed by atoms with van der Waals surface area (Å²) in [5.74, 6) is 1.42. The highest BCUT2D eigenvalue weighted by Crippen LogP contribution is 2.16. The van der Waals surface area contributed by atoms with Crippen molar-refractivity contribution in [3.05, 3.63) is 40.0 Å². The average molecular weight is 505 g/mol. The van der Waals surface area contributed by atoms with E-state index in [-0.39, 0.29) is 24.0 Å². The number of halogens is 1. The number of pyridine rings is 1. The van der Waals surface area contributed by atoms with Crippen molar-refractivity contribution in [3.63, 3.8) is 0 Å². The first-order valence-electron chi connectivity index (χ1n) is 8.60. The summed E-state index contributed by atoms with van der Waals surface area (Å²) in [6, 6.07) is 3.87. The van der Waals surface area contributed by atoms with Crippen molar-refractivity contribution in [1.29, 1.82) is 0 Å². The highest BCUT2D eigenvalue weighted by Gasteiger charge is 2.10. The van der Waals surface area contributed by atoms with Crippen LogP contribution < -0.4 is 10.1 Å². The molecular formula is C18H28IN5O2S. The summed E-state index contributed by atoms with van der Waals surface area (Å²) < 4.78 is 10.7. The largest absolute Gasteiger partial charge is 0.475 e. The molecular weight excluding hydrogens is 477 g/mol. The molecule has 0 saturated carbocycles. The third-order valence-corrected chi connectivity index (χ3v) is 4.36. The topological polar surface area (TPSA) is 71.9 Å². The number of aliphatic imine (C=N–C) groups is 1. The summed E-state index contributed by atoms with van der Waals surface area (Å²) >= 11 is 1.66. The molecule has 0 aliphatic heterocycles. The molecule has 7 nitrogen and oxygen atoms in total. The monoisotopic (exact) mass is 505 g/mol. The van der Waals surface area contributed by atoms with Gasteiger partial charge in [0.05, 0.1) is 30.4 Å². The van der Waals surface area contributed by atoms with Crippen LogP contribution in [0.1, 0.15) is 23.2 Å². The van der Waals surface area contributed by atoms with E-state index in [0.717, 1.165) is 28.8 Å². The number of aryl methyl sites for hydroxylation is 1. The second-order valence-electron chi connectivity index (χ2n) is 5.69. The lowest BCUT2D eigenvalue weighted by atomic mass is 10.3. The van der Waals surface area contributed by atoms with E-state index in [1.54, 1.807) is 24.6 Å². The van der Waals surface area contributed by atoms with Crippen molar-refractivity contribution in [1.82, 2.24) is 20.2 Å². The lowest BCUT2D eigenvalue weighted by Gasteiger charge is -2.21. The van der Waals surface area contributed by atoms with Crippen molar-refractivity contribution < 1.29 is 9.47 Å². The van der Waals surface area contributed by atoms with E-state index in [2.05, 4.69) is 32.5 Å². The van der Waals surface area contributed by atoms with Crippen molar-refractivity contribution in [2.45, 2.75) is 26.9 Å². The molecule has 0 fully saturated rings. The predicted octanol–water partition coefficient (Wildman–Crippen LogP) is 3.09. The van der Waals surface area contributed by atoms with Gasteiger partial charge in [-0.1, -0.05) is 6.07 Å². The van der Waals surface area contributed by atoms with Crippen LogP contribution in [0.5, 0.6) is 5.88 Å². The number of hydrogen-bond acceptors (Lipinski definition) is 6. The second-order valence-corrected chi connectivity index (χ2v) is 6.76. The maximum Gasteiger partial charge on any atom is 0.218 e. The Balaban J connectivity index is 0.00000364. The molecule has 0 aliphatic rings. The second kappa shape index (κ2) is 12.8. The maximum absolute atomic E-state index is 5.68. The first-order valence-corrected chi connectivity index (χ1v) is 9.48. The van der Waals surface area contributed by atoms with Crippen molar-refractivity contribution in [2.24, 2.45) is 4.99 Å². The molecule has 0 aliphatic carbocycles. The smallest absolute Gasteiger partial charge is 0.218 e. The quantitative estimate of drug-likeness (QED) is 0.245. The van der Waals surface area contributed by atoms with Crippen molar-refractivity contribution >= 4 is 41.3 Å². The van der Waals surface area contributed by atoms with Crippen molar-refractivity contribution in [2.75, 3.05) is 33.9 Å². The van der Waals surface area contributed by atoms with Gasteiger partial charge in [-0.25, -0.2) is 15.0 Å². The van der Waals surface area contributed by atoms with Crippen LogP contribution in [-0.4, -0.2) is 54.7 Å². The standard InChI is InChI=1S/C18H27N5O2S.HI/c1-5-19-18(23(3)12-16-13-26-14(2)22-16)21-11-15-7-6-8-20-17(15)25-10-9-24-4;/h6-8,13H,5,9-12H2,1-4H3,(H,19,21);1H. The molecule has 0 spiro atoms. The van der Waals surface area contributed by atoms with Gasteiger partial charge in [-0.05, 0) is 19.9 Å². The average Bonchev–Trinajstić information content (AvgIpc) is 3.04. The highest BCUT2D eigenvalue weighted by atomic mass is 127. The summed E-state index contributed by atoms with van der Waals surface area (Å²) in [5, 5.41) is 6.48. The molecule has 0 aromatic carbocycles. The Labute approximate surface area is 182 Å². The van der Waals surface area contributed by atoms with E-state index in [0.29, 0.717) is 32.2 Å². The minimum Gasteiger partial charge on any atom is -0.475 e. The van der Waals surface area contributed by atoms with Gasteiger partial charge in [0.2, 0.25) is 5.88 Å². The van der Waals surface area contributed by atoms with Crippen LogP contribution >= 0.6 is 35.3 Å². The fourth-order valence-electron chi connectivity index (χ4n) is 2.32. The molecule has 0 unspecified atom stereocenters. The molecule has 2 aromatic heterocycles. The first-order chi connectivity index (χ1) is 12.6. The number of nitrogens with zero attached hydrogens (tertiary/aromatic N) is 4. The molecule has 0 radical (unpaired) electrons. The Morgan fingerprint density at radius 2 is 2.19 bits per heavy atom. The molecule has 0 saturated heterocycles. The van der Waals surface area contributed by atoms with Crippen LogP contribution in [0.2, 0.25) is 0 Å². The summed E-state index contributed by atoms with van der Waals surface area (Å²) in [6.07, 6.45) is 1.72. The van der Waals surface area contributed by atoms with E-state index in [1.165, 1.54) is 0 Å². The fraction of sp³-hybridized carbons (Fsp3) is 0.500. The first kappa shape index (κ1) is 23.6. The number of guanidine groups is 1. The molecule has 0 amide bonds. The lowest BCUT2D eigenvalue weighted by molar-refractivity contribution is 0.143. The number of aromatic nitrogens is 2. The minimum absolute atomic E-state index is 0. The number of nitrogens with one attached hydrogen (secondary N) is 1. The van der Waals surface area contributed by atoms with Crippen LogP contribution in [0, 0.1) is 6.92 Å². The molecule has 2 heterocycles. The highest BCUT2D eigenvalue weighted by molar-refractivity contribution is 14.0. The summed E-state index contributed by atoms with van der Waals surface area (Å²) in [5.41, 5.74) is 1.99. The Hall–Kier alpha value is -1.46. The van der Waals surface area contributed by atoms with Gasteiger partial charge in [-0.3, -0.25) is 0 Å². The predicted molar refractivity (Wildman–Crippen MR) is 120 cm³/mol. The summed E-state index contributed by atoms with van der Waals surface area (Å²) in [7, 11) is 3.66. The van der Waals surface area contributed by atoms with Gasteiger partial charge in [0.1, 0.15) is 6.61 Å². The number of rotatable bonds is 9. The van der Waals surface area contributed by atoms with Crippen LogP contribution in [-0.2, 0) is 17.8 Å². The third kappa shape index (κ3) is 7.97. The molecule has 2 rings (SSSR count). The van der Waals surface area contributed by atoms with E-state index in [1.807, 2.05) is 26.1 Å². The Bertz CT molecular complexity index is 711. The number of hydrogen-bond donors (Lipinski definition) is 1. The zero-order valence-corrected chi connectivity index (χ0v) is 19.4. The third-order valence-electron chi connectivity index (χ3n) is 3.54. The minimum atomic E-state index is 0. The van der Waals surface area contributed by atoms with Crippen LogP contribution in [0.15, 0.2) is 28.7 Å². The van der Waals surface area contributed by atoms with Gasteiger partial charge in [-0.15, -0.1) is 35.3 Å². The normalized spacial score (nSPS) is 11.0. The number of ether oxygens (including phenoxy) is 2. The van der Waals surface area contributed by atoms with Crippen LogP contribution in [0.4, 0.5) is 0 Å². The molecule has 9 heteroatoms.